The number of aromatic carboxylic acids is 2. The Kier molecular flexibility index (Phi) is 17.0. The second-order valence-electron chi connectivity index (χ2n) is 7.89. The molecule has 2 aromatic rings. The average Bonchev–Trinajstić information content (AvgIpc) is 2.79. The normalized spacial score (nSPS) is 9.64. The molecule has 33 heavy (non-hydrogen) atoms. The zero-order valence-corrected chi connectivity index (χ0v) is 23.8. The molecule has 0 saturated carbocycles. The maximum atomic E-state index is 10.7. The predicted octanol–water partition coefficient (Wildman–Crippen LogP) is 6.03. The first kappa shape index (κ1) is 30.8. The molecule has 182 valence electrons. The van der Waals surface area contributed by atoms with Gasteiger partial charge in [-0.1, -0.05) is 24.3 Å². The number of carbonyl (C=O) groups is 2. The summed E-state index contributed by atoms with van der Waals surface area (Å²) in [6, 6.07) is 13.8. The van der Waals surface area contributed by atoms with E-state index in [0.29, 0.717) is 11.1 Å². The van der Waals surface area contributed by atoms with Crippen molar-refractivity contribution >= 4 is 44.5 Å². The van der Waals surface area contributed by atoms with Crippen molar-refractivity contribution in [2.45, 2.75) is 48.4 Å². The minimum atomic E-state index is -0.890. The standard InChI is InChI=1S/2C9H11NO2.2C4H9.Sn/c2*1-10(2)8-6-4-3-5-7(8)9(11)12;2*1-3-4-2;/h2*3-6H,1-2H3,(H,11,12);2*1,3-4H2,2H3;. The van der Waals surface area contributed by atoms with Gasteiger partial charge in [-0.3, -0.25) is 0 Å². The third kappa shape index (κ3) is 13.2. The Morgan fingerprint density at radius 2 is 1.03 bits per heavy atom. The summed E-state index contributed by atoms with van der Waals surface area (Å²) in [5.74, 6) is -1.78. The molecule has 2 rings (SSSR count). The minimum absolute atomic E-state index is 0.149. The molecule has 0 saturated heterocycles. The largest absolute Gasteiger partial charge is 0.478 e. The van der Waals surface area contributed by atoms with Gasteiger partial charge in [0, 0.05) is 28.2 Å². The van der Waals surface area contributed by atoms with Gasteiger partial charge in [0.15, 0.2) is 0 Å². The molecule has 0 atom stereocenters. The number of nitrogens with zero attached hydrogens (tertiary/aromatic N) is 2. The zero-order valence-electron chi connectivity index (χ0n) is 21.0. The first-order chi connectivity index (χ1) is 15.7. The number of hydrogen-bond acceptors (Lipinski definition) is 4. The summed E-state index contributed by atoms with van der Waals surface area (Å²) in [5, 5.41) is 17.6. The first-order valence-corrected chi connectivity index (χ1v) is 15.4. The summed E-state index contributed by atoms with van der Waals surface area (Å²) in [4.78, 5) is 25.0. The Morgan fingerprint density at radius 3 is 1.27 bits per heavy atom. The van der Waals surface area contributed by atoms with E-state index in [1.165, 1.54) is 25.7 Å². The third-order valence-corrected chi connectivity index (χ3v) is 8.68. The van der Waals surface area contributed by atoms with Crippen molar-refractivity contribution < 1.29 is 19.8 Å². The second kappa shape index (κ2) is 18.2. The van der Waals surface area contributed by atoms with E-state index in [9.17, 15) is 9.59 Å². The monoisotopic (exact) mass is 564 g/mol. The van der Waals surface area contributed by atoms with Crippen molar-refractivity contribution in [2.24, 2.45) is 0 Å². The van der Waals surface area contributed by atoms with E-state index < -0.39 is 11.9 Å². The Labute approximate surface area is 209 Å². The van der Waals surface area contributed by atoms with E-state index in [2.05, 4.69) is 13.8 Å². The smallest absolute Gasteiger partial charge is 0.337 e. The molecule has 2 aromatic carbocycles. The molecular formula is C26H40N2O4Sn. The number of anilines is 2. The van der Waals surface area contributed by atoms with Gasteiger partial charge in [-0.25, -0.2) is 9.59 Å². The van der Waals surface area contributed by atoms with Crippen LogP contribution in [0.3, 0.4) is 0 Å². The summed E-state index contributed by atoms with van der Waals surface area (Å²) in [7, 11) is 7.28. The molecule has 0 aromatic heterocycles. The van der Waals surface area contributed by atoms with Crippen molar-refractivity contribution in [1.29, 1.82) is 0 Å². The van der Waals surface area contributed by atoms with Crippen molar-refractivity contribution in [1.82, 2.24) is 0 Å². The van der Waals surface area contributed by atoms with Crippen LogP contribution < -0.4 is 9.80 Å². The molecule has 0 bridgehead atoms. The molecular weight excluding hydrogens is 523 g/mol. The van der Waals surface area contributed by atoms with Gasteiger partial charge in [-0.05, 0) is 24.3 Å². The van der Waals surface area contributed by atoms with E-state index in [1.807, 2.05) is 40.3 Å². The molecule has 0 spiro atoms. The number of para-hydroxylation sites is 2. The number of unbranched alkanes of at least 4 members (excludes halogenated alkanes) is 2. The van der Waals surface area contributed by atoms with Crippen LogP contribution in [0.4, 0.5) is 11.4 Å². The van der Waals surface area contributed by atoms with E-state index in [1.54, 1.807) is 55.1 Å². The molecule has 7 heteroatoms. The van der Waals surface area contributed by atoms with E-state index in [0.717, 1.165) is 11.4 Å². The molecule has 0 heterocycles. The first-order valence-electron chi connectivity index (χ1n) is 11.4. The predicted molar refractivity (Wildman–Crippen MR) is 141 cm³/mol. The number of hydrogen-bond donors (Lipinski definition) is 2. The third-order valence-electron chi connectivity index (χ3n) is 4.65. The van der Waals surface area contributed by atoms with Gasteiger partial charge in [0.2, 0.25) is 0 Å². The summed E-state index contributed by atoms with van der Waals surface area (Å²) in [5.41, 5.74) is 2.13. The zero-order chi connectivity index (χ0) is 25.2. The van der Waals surface area contributed by atoms with Crippen LogP contribution in [0.15, 0.2) is 48.5 Å². The van der Waals surface area contributed by atoms with E-state index in [4.69, 9.17) is 10.2 Å². The molecule has 2 radical (unpaired) electrons. The van der Waals surface area contributed by atoms with Crippen molar-refractivity contribution in [3.63, 3.8) is 0 Å². The molecule has 0 unspecified atom stereocenters. The average molecular weight is 563 g/mol. The van der Waals surface area contributed by atoms with Crippen molar-refractivity contribution in [3.05, 3.63) is 59.7 Å². The van der Waals surface area contributed by atoms with Gasteiger partial charge in [-0.2, -0.15) is 0 Å². The molecule has 0 aliphatic rings. The Morgan fingerprint density at radius 1 is 0.697 bits per heavy atom. The van der Waals surface area contributed by atoms with Crippen LogP contribution in [0.25, 0.3) is 0 Å². The molecule has 0 aliphatic carbocycles. The number of benzene rings is 2. The van der Waals surface area contributed by atoms with Gasteiger partial charge in [0.05, 0.1) is 22.5 Å². The van der Waals surface area contributed by atoms with Crippen LogP contribution in [0.5, 0.6) is 0 Å². The van der Waals surface area contributed by atoms with Crippen LogP contribution in [0, 0.1) is 0 Å². The SMILES string of the molecule is CCC[CH2][Sn][CH2]CCC.CN(C)c1ccccc1C(=O)O.CN(C)c1ccccc1C(=O)O. The number of carboxylic acid groups (broad SMARTS) is 2. The van der Waals surface area contributed by atoms with Crippen molar-refractivity contribution in [2.75, 3.05) is 38.0 Å². The van der Waals surface area contributed by atoms with Gasteiger partial charge in [0.1, 0.15) is 0 Å². The Hall–Kier alpha value is -2.22. The fraction of sp³-hybridized carbons (Fsp3) is 0.462. The van der Waals surface area contributed by atoms with Crippen LogP contribution in [-0.2, 0) is 0 Å². The van der Waals surface area contributed by atoms with Crippen molar-refractivity contribution in [3.8, 4) is 0 Å². The Bertz CT molecular complexity index is 758. The maximum Gasteiger partial charge on any atom is 0.337 e. The Balaban J connectivity index is 0.000000472. The minimum Gasteiger partial charge on any atom is -0.478 e. The van der Waals surface area contributed by atoms with Gasteiger partial charge < -0.3 is 20.0 Å². The molecule has 0 aliphatic heterocycles. The fourth-order valence-electron chi connectivity index (χ4n) is 2.82. The van der Waals surface area contributed by atoms with Crippen LogP contribution in [-0.4, -0.2) is 71.5 Å². The van der Waals surface area contributed by atoms with Crippen LogP contribution in [0.1, 0.15) is 60.2 Å². The number of rotatable bonds is 10. The maximum absolute atomic E-state index is 10.7. The fourth-order valence-corrected chi connectivity index (χ4v) is 6.98. The summed E-state index contributed by atoms with van der Waals surface area (Å²) >= 11 is 0.149. The van der Waals surface area contributed by atoms with Gasteiger partial charge in [0.25, 0.3) is 0 Å². The van der Waals surface area contributed by atoms with Crippen LogP contribution >= 0.6 is 0 Å². The molecule has 0 amide bonds. The summed E-state index contributed by atoms with van der Waals surface area (Å²) < 4.78 is 3.25. The van der Waals surface area contributed by atoms with Gasteiger partial charge >= 0.3 is 81.5 Å². The van der Waals surface area contributed by atoms with Crippen LogP contribution in [0.2, 0.25) is 8.87 Å². The summed E-state index contributed by atoms with van der Waals surface area (Å²) in [6.07, 6.45) is 5.84. The summed E-state index contributed by atoms with van der Waals surface area (Å²) in [6.45, 7) is 4.58. The topological polar surface area (TPSA) is 81.1 Å². The van der Waals surface area contributed by atoms with Gasteiger partial charge in [-0.15, -0.1) is 0 Å². The van der Waals surface area contributed by atoms with E-state index in [-0.39, 0.29) is 21.1 Å². The molecule has 2 N–H and O–H groups in total. The second-order valence-corrected chi connectivity index (χ2v) is 12.2. The number of carboxylic acids is 2. The quantitative estimate of drug-likeness (QED) is 0.272. The molecule has 6 nitrogen and oxygen atoms in total. The molecule has 0 fully saturated rings. The van der Waals surface area contributed by atoms with E-state index >= 15 is 0 Å².